The van der Waals surface area contributed by atoms with E-state index in [1.807, 2.05) is 6.08 Å². The summed E-state index contributed by atoms with van der Waals surface area (Å²) in [6.45, 7) is 12.7. The van der Waals surface area contributed by atoms with Gasteiger partial charge in [-0.15, -0.1) is 0 Å². The van der Waals surface area contributed by atoms with Gasteiger partial charge in [0.2, 0.25) is 0 Å². The van der Waals surface area contributed by atoms with Crippen LogP contribution in [0.2, 0.25) is 0 Å². The van der Waals surface area contributed by atoms with Crippen LogP contribution in [-0.2, 0) is 9.59 Å². The van der Waals surface area contributed by atoms with Crippen molar-refractivity contribution in [3.8, 4) is 0 Å². The number of ketones is 1. The van der Waals surface area contributed by atoms with Gasteiger partial charge in [0.1, 0.15) is 0 Å². The van der Waals surface area contributed by atoms with Crippen molar-refractivity contribution < 1.29 is 19.8 Å². The summed E-state index contributed by atoms with van der Waals surface area (Å²) in [5.74, 6) is 0.0279. The summed E-state index contributed by atoms with van der Waals surface area (Å²) in [5, 5.41) is 22.2. The van der Waals surface area contributed by atoms with Crippen LogP contribution < -0.4 is 0 Å². The third-order valence-electron chi connectivity index (χ3n) is 10.2. The van der Waals surface area contributed by atoms with Crippen molar-refractivity contribution in [1.82, 2.24) is 0 Å². The summed E-state index contributed by atoms with van der Waals surface area (Å²) < 4.78 is 0. The second-order valence-electron chi connectivity index (χ2n) is 11.8. The minimum atomic E-state index is -1.18. The normalized spacial score (nSPS) is 41.5. The number of hydrogen-bond acceptors (Lipinski definition) is 3. The van der Waals surface area contributed by atoms with E-state index in [1.54, 1.807) is 6.08 Å². The molecule has 0 saturated heterocycles. The van der Waals surface area contributed by atoms with Gasteiger partial charge in [0.25, 0.3) is 0 Å². The van der Waals surface area contributed by atoms with Crippen LogP contribution in [0.5, 0.6) is 0 Å². The molecule has 0 amide bonds. The third-order valence-corrected chi connectivity index (χ3v) is 10.2. The van der Waals surface area contributed by atoms with Crippen molar-refractivity contribution in [3.63, 3.8) is 0 Å². The van der Waals surface area contributed by atoms with Crippen LogP contribution in [0, 0.1) is 40.4 Å². The molecule has 32 heavy (non-hydrogen) atoms. The molecule has 4 rings (SSSR count). The topological polar surface area (TPSA) is 74.6 Å². The highest BCUT2D eigenvalue weighted by Crippen LogP contribution is 2.68. The van der Waals surface area contributed by atoms with Gasteiger partial charge in [-0.05, 0) is 87.2 Å². The molecule has 7 unspecified atom stereocenters. The minimum Gasteiger partial charge on any atom is -0.481 e. The summed E-state index contributed by atoms with van der Waals surface area (Å²) in [6, 6.07) is 0. The van der Waals surface area contributed by atoms with Gasteiger partial charge in [0, 0.05) is 10.8 Å². The number of carboxylic acid groups (broad SMARTS) is 1. The van der Waals surface area contributed by atoms with Crippen LogP contribution in [0.15, 0.2) is 36.0 Å². The molecule has 4 aliphatic carbocycles. The zero-order valence-corrected chi connectivity index (χ0v) is 20.2. The number of rotatable bonds is 6. The van der Waals surface area contributed by atoms with E-state index in [1.165, 1.54) is 5.57 Å². The Morgan fingerprint density at radius 2 is 1.88 bits per heavy atom. The molecule has 176 valence electrons. The predicted molar refractivity (Wildman–Crippen MR) is 126 cm³/mol. The summed E-state index contributed by atoms with van der Waals surface area (Å²) in [4.78, 5) is 24.4. The Hall–Kier alpha value is -1.68. The van der Waals surface area contributed by atoms with Gasteiger partial charge in [-0.3, -0.25) is 9.59 Å². The monoisotopic (exact) mass is 440 g/mol. The molecule has 7 atom stereocenters. The number of aliphatic carboxylic acids is 1. The third kappa shape index (κ3) is 3.36. The van der Waals surface area contributed by atoms with E-state index < -0.39 is 17.5 Å². The summed E-state index contributed by atoms with van der Waals surface area (Å²) in [6.07, 6.45) is 12.0. The zero-order valence-electron chi connectivity index (χ0n) is 20.2. The number of fused-ring (bicyclic) bond motifs is 5. The first kappa shape index (κ1) is 23.5. The number of hydrogen-bond donors (Lipinski definition) is 2. The molecule has 0 spiro atoms. The van der Waals surface area contributed by atoms with Crippen molar-refractivity contribution in [2.45, 2.75) is 84.7 Å². The van der Waals surface area contributed by atoms with Gasteiger partial charge in [-0.25, -0.2) is 0 Å². The Kier molecular flexibility index (Phi) is 5.85. The second kappa shape index (κ2) is 7.97. The van der Waals surface area contributed by atoms with Crippen molar-refractivity contribution in [3.05, 3.63) is 36.0 Å². The molecule has 0 heterocycles. The lowest BCUT2D eigenvalue weighted by atomic mass is 9.46. The van der Waals surface area contributed by atoms with Gasteiger partial charge >= 0.3 is 5.97 Å². The molecule has 0 aliphatic heterocycles. The molecule has 4 nitrogen and oxygen atoms in total. The van der Waals surface area contributed by atoms with Crippen molar-refractivity contribution in [1.29, 1.82) is 0 Å². The van der Waals surface area contributed by atoms with Crippen molar-refractivity contribution in [2.75, 3.05) is 0 Å². The van der Waals surface area contributed by atoms with Crippen molar-refractivity contribution >= 4 is 11.8 Å². The standard InChI is InChI=1S/C28H40O4/c1-17(2)18(3)6-9-24(25(30)31)28(32)15-12-23-21-8-7-19-16-20(29)10-13-26(19,4)22(21)11-14-27(23,28)5/h10,13,16-17,21-24,32H,3,6-9,11-12,14-15H2,1-2,4-5H3,(H,30,31). The average Bonchev–Trinajstić information content (AvgIpc) is 2.99. The van der Waals surface area contributed by atoms with Gasteiger partial charge in [-0.1, -0.05) is 51.5 Å². The lowest BCUT2D eigenvalue weighted by Gasteiger charge is -2.58. The van der Waals surface area contributed by atoms with Crippen LogP contribution in [0.25, 0.3) is 0 Å². The van der Waals surface area contributed by atoms with E-state index in [-0.39, 0.29) is 16.6 Å². The first-order valence-corrected chi connectivity index (χ1v) is 12.5. The lowest BCUT2D eigenvalue weighted by molar-refractivity contribution is -0.177. The van der Waals surface area contributed by atoms with Gasteiger partial charge in [0.05, 0.1) is 11.5 Å². The highest BCUT2D eigenvalue weighted by Gasteiger charge is 2.66. The highest BCUT2D eigenvalue weighted by atomic mass is 16.4. The Morgan fingerprint density at radius 1 is 1.19 bits per heavy atom. The van der Waals surface area contributed by atoms with Gasteiger partial charge in [0.15, 0.2) is 5.78 Å². The molecule has 0 aromatic rings. The fraction of sp³-hybridized carbons (Fsp3) is 0.714. The summed E-state index contributed by atoms with van der Waals surface area (Å²) in [7, 11) is 0. The quantitative estimate of drug-likeness (QED) is 0.518. The predicted octanol–water partition coefficient (Wildman–Crippen LogP) is 5.72. The average molecular weight is 441 g/mol. The maximum Gasteiger partial charge on any atom is 0.309 e. The molecule has 0 radical (unpaired) electrons. The Bertz CT molecular complexity index is 882. The van der Waals surface area contributed by atoms with E-state index in [0.717, 1.165) is 37.7 Å². The smallest absolute Gasteiger partial charge is 0.309 e. The van der Waals surface area contributed by atoms with Crippen LogP contribution in [0.4, 0.5) is 0 Å². The molecule has 4 heteroatoms. The fourth-order valence-corrected chi connectivity index (χ4v) is 8.01. The largest absolute Gasteiger partial charge is 0.481 e. The van der Waals surface area contributed by atoms with E-state index in [0.29, 0.717) is 42.9 Å². The number of carbonyl (C=O) groups excluding carboxylic acids is 1. The molecule has 3 fully saturated rings. The van der Waals surface area contributed by atoms with E-state index >= 15 is 0 Å². The first-order chi connectivity index (χ1) is 14.9. The molecular weight excluding hydrogens is 400 g/mol. The van der Waals surface area contributed by atoms with Gasteiger partial charge in [-0.2, -0.15) is 0 Å². The number of carbonyl (C=O) groups is 2. The maximum atomic E-state index is 12.4. The van der Waals surface area contributed by atoms with Crippen LogP contribution in [0.3, 0.4) is 0 Å². The molecule has 0 bridgehead atoms. The Balaban J connectivity index is 1.61. The molecular formula is C28H40O4. The van der Waals surface area contributed by atoms with Crippen LogP contribution >= 0.6 is 0 Å². The Labute approximate surface area is 192 Å². The van der Waals surface area contributed by atoms with Gasteiger partial charge < -0.3 is 10.2 Å². The number of allylic oxidation sites excluding steroid dienone is 5. The Morgan fingerprint density at radius 3 is 2.53 bits per heavy atom. The molecule has 0 aromatic carbocycles. The number of aliphatic hydroxyl groups is 1. The second-order valence-corrected chi connectivity index (χ2v) is 11.8. The van der Waals surface area contributed by atoms with E-state index in [2.05, 4.69) is 40.3 Å². The summed E-state index contributed by atoms with van der Waals surface area (Å²) in [5.41, 5.74) is 0.670. The fourth-order valence-electron chi connectivity index (χ4n) is 8.01. The van der Waals surface area contributed by atoms with Crippen LogP contribution in [-0.4, -0.2) is 27.6 Å². The maximum absolute atomic E-state index is 12.4. The highest BCUT2D eigenvalue weighted by molar-refractivity contribution is 6.01. The van der Waals surface area contributed by atoms with Crippen LogP contribution in [0.1, 0.15) is 79.1 Å². The summed E-state index contributed by atoms with van der Waals surface area (Å²) >= 11 is 0. The lowest BCUT2D eigenvalue weighted by Crippen LogP contribution is -2.58. The van der Waals surface area contributed by atoms with E-state index in [9.17, 15) is 19.8 Å². The van der Waals surface area contributed by atoms with Crippen molar-refractivity contribution in [2.24, 2.45) is 40.4 Å². The molecule has 2 N–H and O–H groups in total. The zero-order chi connectivity index (χ0) is 23.5. The first-order valence-electron chi connectivity index (χ1n) is 12.5. The number of carboxylic acids is 1. The molecule has 4 aliphatic rings. The SMILES string of the molecule is C=C(CCC(C(=O)O)C1(O)CCC2C3CCC4=CC(=O)C=CC4(C)C3CCC21C)C(C)C. The molecule has 3 saturated carbocycles. The molecule has 0 aromatic heterocycles. The van der Waals surface area contributed by atoms with E-state index in [4.69, 9.17) is 0 Å². The minimum absolute atomic E-state index is 0.0833.